The van der Waals surface area contributed by atoms with E-state index in [1.54, 1.807) is 7.11 Å². The molecule has 1 aliphatic carbocycles. The van der Waals surface area contributed by atoms with Gasteiger partial charge in [0.25, 0.3) is 0 Å². The Hall–Kier alpha value is -1.87. The van der Waals surface area contributed by atoms with Gasteiger partial charge in [0, 0.05) is 46.1 Å². The molecule has 0 aromatic carbocycles. The molecule has 0 bridgehead atoms. The Balaban J connectivity index is 1.31. The number of rotatable bonds is 22. The Morgan fingerprint density at radius 1 is 0.864 bits per heavy atom. The van der Waals surface area contributed by atoms with E-state index in [0.717, 1.165) is 57.9 Å². The summed E-state index contributed by atoms with van der Waals surface area (Å²) in [7, 11) is 3.81. The van der Waals surface area contributed by atoms with Crippen LogP contribution < -0.4 is 10.7 Å². The number of hydrogen-bond donors (Lipinski definition) is 2. The molecule has 9 heteroatoms. The van der Waals surface area contributed by atoms with Gasteiger partial charge < -0.3 is 19.9 Å². The zero-order valence-electron chi connectivity index (χ0n) is 29.1. The van der Waals surface area contributed by atoms with Crippen molar-refractivity contribution in [1.82, 2.24) is 20.5 Å². The van der Waals surface area contributed by atoms with Gasteiger partial charge in [0.2, 0.25) is 11.5 Å². The Kier molecular flexibility index (Phi) is 15.8. The first-order valence-electron chi connectivity index (χ1n) is 18.4. The summed E-state index contributed by atoms with van der Waals surface area (Å²) in [4.78, 5) is 30.6. The zero-order chi connectivity index (χ0) is 31.8. The highest BCUT2D eigenvalue weighted by Gasteiger charge is 2.79. The third-order valence-corrected chi connectivity index (χ3v) is 10.9. The number of hydrazone groups is 1. The first-order chi connectivity index (χ1) is 21.4. The van der Waals surface area contributed by atoms with E-state index >= 15 is 0 Å². The maximum Gasteiger partial charge on any atom is 0.376 e. The monoisotopic (exact) mass is 620 g/mol. The van der Waals surface area contributed by atoms with Crippen LogP contribution >= 0.6 is 0 Å². The van der Waals surface area contributed by atoms with Crippen molar-refractivity contribution < 1.29 is 18.8 Å². The lowest BCUT2D eigenvalue weighted by atomic mass is 9.82. The Morgan fingerprint density at radius 2 is 1.36 bits per heavy atom. The summed E-state index contributed by atoms with van der Waals surface area (Å²) >= 11 is 0. The fourth-order valence-corrected chi connectivity index (χ4v) is 7.82. The van der Waals surface area contributed by atoms with Crippen molar-refractivity contribution in [2.24, 2.45) is 5.10 Å². The quantitative estimate of drug-likeness (QED) is 0.0605. The van der Waals surface area contributed by atoms with E-state index < -0.39 is 0 Å². The molecule has 3 aliphatic rings. The first-order valence-corrected chi connectivity index (χ1v) is 18.4. The van der Waals surface area contributed by atoms with Gasteiger partial charge >= 0.3 is 11.9 Å². The van der Waals surface area contributed by atoms with E-state index in [4.69, 9.17) is 4.74 Å². The van der Waals surface area contributed by atoms with Crippen LogP contribution in [0.15, 0.2) is 5.10 Å². The summed E-state index contributed by atoms with van der Waals surface area (Å²) in [6, 6.07) is -0.544. The highest BCUT2D eigenvalue weighted by molar-refractivity contribution is 5.92. The number of urea groups is 1. The predicted molar refractivity (Wildman–Crippen MR) is 180 cm³/mol. The van der Waals surface area contributed by atoms with Crippen molar-refractivity contribution in [2.75, 3.05) is 46.9 Å². The lowest BCUT2D eigenvalue weighted by Crippen LogP contribution is -2.54. The molecular weight excluding hydrogens is 552 g/mol. The molecule has 2 saturated heterocycles. The number of unbranched alkanes of at least 4 members (excludes halogenated alkanes) is 15. The lowest BCUT2D eigenvalue weighted by molar-refractivity contribution is -0.777. The van der Waals surface area contributed by atoms with E-state index in [9.17, 15) is 9.59 Å². The molecule has 0 aromatic heterocycles. The summed E-state index contributed by atoms with van der Waals surface area (Å²) in [6.07, 6.45) is 23.8. The van der Waals surface area contributed by atoms with Crippen molar-refractivity contribution in [3.05, 3.63) is 0 Å². The van der Waals surface area contributed by atoms with Crippen LogP contribution in [0, 0.1) is 0 Å². The van der Waals surface area contributed by atoms with Gasteiger partial charge in [-0.05, 0) is 33.1 Å². The molecule has 2 heterocycles. The summed E-state index contributed by atoms with van der Waals surface area (Å²) < 4.78 is 6.27. The molecule has 1 spiro atoms. The van der Waals surface area contributed by atoms with E-state index in [-0.39, 0.29) is 23.7 Å². The minimum absolute atomic E-state index is 0.0952. The fourth-order valence-electron chi connectivity index (χ4n) is 7.82. The first kappa shape index (κ1) is 36.6. The highest BCUT2D eigenvalue weighted by atomic mass is 16.5. The summed E-state index contributed by atoms with van der Waals surface area (Å²) in [6.45, 7) is 10.9. The lowest BCUT2D eigenvalue weighted by Gasteiger charge is -2.34. The second-order valence-corrected chi connectivity index (χ2v) is 13.8. The summed E-state index contributed by atoms with van der Waals surface area (Å²) in [5, 5.41) is 7.55. The minimum atomic E-state index is -0.377. The minimum Gasteiger partial charge on any atom is -0.379 e. The molecule has 4 atom stereocenters. The van der Waals surface area contributed by atoms with Gasteiger partial charge in [-0.1, -0.05) is 96.8 Å². The second-order valence-electron chi connectivity index (χ2n) is 13.8. The second kappa shape index (κ2) is 18.9. The number of hydrogen-bond acceptors (Lipinski definition) is 4. The maximum absolute atomic E-state index is 13.3. The van der Waals surface area contributed by atoms with Gasteiger partial charge in [-0.15, -0.1) is 5.10 Å². The number of nitrogens with one attached hydrogen (secondary N) is 2. The largest absolute Gasteiger partial charge is 0.379 e. The van der Waals surface area contributed by atoms with Gasteiger partial charge in [-0.2, -0.15) is 0 Å². The normalized spacial score (nSPS) is 26.5. The standard InChI is InChI=1S/C35H66N6O3/c1-6-9-10-11-12-13-14-15-16-17-18-19-20-21-22-23-28-41(4)32(42)35(41)25-24-31(44-5)30(29-35)36-33(43)37-38-34-39(7-2)26-27-40(34)8-3/h30-31H,6-29H2,1-5H3,(H-,36,37,43)/p+1. The molecule has 0 aromatic rings. The van der Waals surface area contributed by atoms with Crippen molar-refractivity contribution in [2.45, 2.75) is 160 Å². The Morgan fingerprint density at radius 3 is 1.84 bits per heavy atom. The maximum atomic E-state index is 13.3. The number of amides is 3. The Bertz CT molecular complexity index is 886. The van der Waals surface area contributed by atoms with E-state index in [1.807, 2.05) is 0 Å². The molecule has 2 N–H and O–H groups in total. The van der Waals surface area contributed by atoms with E-state index in [2.05, 4.69) is 53.5 Å². The fraction of sp³-hybridized carbons (Fsp3) is 0.914. The number of ether oxygens (including phenoxy) is 1. The smallest absolute Gasteiger partial charge is 0.376 e. The number of likely N-dealkylation sites (N-methyl/N-ethyl adjacent to an activating group) is 3. The van der Waals surface area contributed by atoms with Crippen molar-refractivity contribution in [1.29, 1.82) is 0 Å². The number of carbonyl (C=O) groups is 2. The van der Waals surface area contributed by atoms with Gasteiger partial charge in [-0.3, -0.25) is 0 Å². The molecule has 2 aliphatic heterocycles. The molecule has 3 amide bonds. The van der Waals surface area contributed by atoms with Crippen LogP contribution in [-0.4, -0.2) is 96.7 Å². The van der Waals surface area contributed by atoms with Crippen LogP contribution in [0.2, 0.25) is 0 Å². The van der Waals surface area contributed by atoms with Crippen LogP contribution in [0.4, 0.5) is 4.79 Å². The summed E-state index contributed by atoms with van der Waals surface area (Å²) in [5.74, 6) is 1.15. The van der Waals surface area contributed by atoms with E-state index in [0.29, 0.717) is 16.8 Å². The number of methoxy groups -OCH3 is 1. The van der Waals surface area contributed by atoms with E-state index in [1.165, 1.54) is 96.3 Å². The molecule has 44 heavy (non-hydrogen) atoms. The van der Waals surface area contributed by atoms with Gasteiger partial charge in [-0.25, -0.2) is 19.5 Å². The van der Waals surface area contributed by atoms with Crippen molar-refractivity contribution in [3.63, 3.8) is 0 Å². The average molecular weight is 620 g/mol. The molecule has 3 fully saturated rings. The predicted octanol–water partition coefficient (Wildman–Crippen LogP) is 6.77. The number of carbonyl (C=O) groups excluding carboxylic acids is 2. The summed E-state index contributed by atoms with van der Waals surface area (Å²) in [5.41, 5.74) is 2.34. The molecule has 9 nitrogen and oxygen atoms in total. The molecule has 0 radical (unpaired) electrons. The van der Waals surface area contributed by atoms with Crippen LogP contribution in [0.25, 0.3) is 0 Å². The zero-order valence-corrected chi connectivity index (χ0v) is 29.1. The molecule has 4 unspecified atom stereocenters. The average Bonchev–Trinajstić information content (AvgIpc) is 3.29. The number of quaternary nitrogens is 1. The van der Waals surface area contributed by atoms with Crippen LogP contribution in [-0.2, 0) is 9.53 Å². The topological polar surface area (TPSA) is 86.3 Å². The van der Waals surface area contributed by atoms with Crippen LogP contribution in [0.5, 0.6) is 0 Å². The molecule has 1 saturated carbocycles. The van der Waals surface area contributed by atoms with Gasteiger partial charge in [0.15, 0.2) is 0 Å². The third kappa shape index (κ3) is 9.81. The SMILES string of the molecule is CCCCCCCCCCCCCCCCCC[N+]1(C)C(=O)C12CCC(OC)C(NC(=O)NN=C1N(CC)CCN1CC)C2. The molecule has 3 rings (SSSR count). The highest BCUT2D eigenvalue weighted by Crippen LogP contribution is 2.53. The number of nitrogens with zero attached hydrogens (tertiary/aromatic N) is 4. The third-order valence-electron chi connectivity index (χ3n) is 10.9. The van der Waals surface area contributed by atoms with Crippen LogP contribution in [0.1, 0.15) is 143 Å². The Labute approximate surface area is 269 Å². The van der Waals surface area contributed by atoms with Crippen LogP contribution in [0.3, 0.4) is 0 Å². The molecule has 254 valence electrons. The molecular formula is C35H67N6O3+. The van der Waals surface area contributed by atoms with Crippen molar-refractivity contribution in [3.8, 4) is 0 Å². The van der Waals surface area contributed by atoms with Crippen molar-refractivity contribution >= 4 is 17.9 Å². The number of guanidine groups is 1. The van der Waals surface area contributed by atoms with Gasteiger partial charge in [0.1, 0.15) is 0 Å². The van der Waals surface area contributed by atoms with Gasteiger partial charge in [0.05, 0.1) is 25.7 Å².